The van der Waals surface area contributed by atoms with Gasteiger partial charge in [0, 0.05) is 19.3 Å². The zero-order chi connectivity index (χ0) is 52.2. The predicted octanol–water partition coefficient (Wildman–Crippen LogP) is 19.8. The van der Waals surface area contributed by atoms with E-state index in [1.54, 1.807) is 0 Å². The molecule has 0 N–H and O–H groups in total. The molecule has 0 aliphatic heterocycles. The molecule has 0 aliphatic carbocycles. The van der Waals surface area contributed by atoms with Crippen LogP contribution >= 0.6 is 0 Å². The number of esters is 3. The molecule has 0 bridgehead atoms. The van der Waals surface area contributed by atoms with Gasteiger partial charge in [-0.1, -0.05) is 244 Å². The van der Waals surface area contributed by atoms with Gasteiger partial charge in [-0.05, 0) is 116 Å². The zero-order valence-corrected chi connectivity index (χ0v) is 46.4. The molecule has 6 heteroatoms. The Morgan fingerprint density at radius 2 is 0.542 bits per heavy atom. The van der Waals surface area contributed by atoms with Gasteiger partial charge in [0.05, 0.1) is 0 Å². The monoisotopic (exact) mass is 995 g/mol. The van der Waals surface area contributed by atoms with Crippen LogP contribution in [0.15, 0.2) is 134 Å². The Bertz CT molecular complexity index is 1560. The second kappa shape index (κ2) is 59.1. The Morgan fingerprint density at radius 3 is 0.847 bits per heavy atom. The molecule has 72 heavy (non-hydrogen) atoms. The van der Waals surface area contributed by atoms with Gasteiger partial charge >= 0.3 is 17.9 Å². The van der Waals surface area contributed by atoms with Crippen LogP contribution in [-0.4, -0.2) is 37.2 Å². The average Bonchev–Trinajstić information content (AvgIpc) is 3.38. The van der Waals surface area contributed by atoms with Crippen molar-refractivity contribution in [3.05, 3.63) is 134 Å². The second-order valence-electron chi connectivity index (χ2n) is 18.8. The molecule has 0 amide bonds. The maximum absolute atomic E-state index is 12.8. The van der Waals surface area contributed by atoms with Crippen molar-refractivity contribution >= 4 is 17.9 Å². The number of rotatable bonds is 51. The lowest BCUT2D eigenvalue weighted by atomic mass is 10.1. The van der Waals surface area contributed by atoms with Crippen molar-refractivity contribution in [2.75, 3.05) is 13.2 Å². The molecule has 0 aromatic heterocycles. The van der Waals surface area contributed by atoms with Crippen molar-refractivity contribution in [2.45, 2.75) is 252 Å². The number of allylic oxidation sites excluding steroid dienone is 22. The first-order chi connectivity index (χ1) is 35.5. The van der Waals surface area contributed by atoms with Crippen molar-refractivity contribution in [1.82, 2.24) is 0 Å². The number of carbonyl (C=O) groups excluding carboxylic acids is 3. The van der Waals surface area contributed by atoms with Crippen molar-refractivity contribution in [1.29, 1.82) is 0 Å². The highest BCUT2D eigenvalue weighted by atomic mass is 16.6. The van der Waals surface area contributed by atoms with Crippen LogP contribution in [0.2, 0.25) is 0 Å². The summed E-state index contributed by atoms with van der Waals surface area (Å²) in [6.07, 6.45) is 83.1. The molecule has 0 saturated carbocycles. The van der Waals surface area contributed by atoms with Crippen LogP contribution in [0.1, 0.15) is 245 Å². The van der Waals surface area contributed by atoms with Gasteiger partial charge in [0.25, 0.3) is 0 Å². The fraction of sp³-hybridized carbons (Fsp3) is 0.621. The molecule has 0 aromatic rings. The van der Waals surface area contributed by atoms with Gasteiger partial charge in [0.1, 0.15) is 13.2 Å². The molecule has 1 unspecified atom stereocenters. The molecule has 0 rings (SSSR count). The first-order valence-corrected chi connectivity index (χ1v) is 29.2. The van der Waals surface area contributed by atoms with Crippen molar-refractivity contribution in [3.8, 4) is 0 Å². The van der Waals surface area contributed by atoms with Crippen molar-refractivity contribution in [2.24, 2.45) is 0 Å². The lowest BCUT2D eigenvalue weighted by Crippen LogP contribution is -2.30. The summed E-state index contributed by atoms with van der Waals surface area (Å²) in [5.41, 5.74) is 0. The number of ether oxygens (including phenoxy) is 3. The Balaban J connectivity index is 4.35. The molecular weight excluding hydrogens is 889 g/mol. The quantitative estimate of drug-likeness (QED) is 0.0261. The maximum Gasteiger partial charge on any atom is 0.306 e. The molecule has 0 fully saturated rings. The second-order valence-corrected chi connectivity index (χ2v) is 18.8. The van der Waals surface area contributed by atoms with Crippen molar-refractivity contribution in [3.63, 3.8) is 0 Å². The molecule has 0 aliphatic rings. The largest absolute Gasteiger partial charge is 0.462 e. The molecule has 406 valence electrons. The molecule has 0 heterocycles. The number of hydrogen-bond acceptors (Lipinski definition) is 6. The van der Waals surface area contributed by atoms with Crippen LogP contribution in [0.4, 0.5) is 0 Å². The predicted molar refractivity (Wildman–Crippen MR) is 311 cm³/mol. The SMILES string of the molecule is CC/C=C\C/C=C\C/C=C\C/C=C\C/C=C\C/C=C\C/C=C\C/C=C\CCCCCCC(=O)OCC(COC(=O)CCCCCCCCCCCC)OC(=O)CCCCCCC/C=C\C/C=C\C/C=C\CC. The standard InChI is InChI=1S/C66H106O6/c1-4-7-10-13-16-19-22-24-26-27-28-29-30-31-32-33-34-35-36-37-38-39-41-42-44-47-50-53-56-59-65(68)71-62-63(61-70-64(67)58-55-52-49-46-21-18-15-12-9-6-3)72-66(69)60-57-54-51-48-45-43-40-25-23-20-17-14-11-8-5-2/h7-8,10-11,16-17,19-20,24-26,28-29,31-32,34-35,37-38,40-42,63H,4-6,9,12-15,18,21-23,27,30,33,36,39,43-62H2,1-3H3/b10-7-,11-8-,19-16-,20-17-,26-24-,29-28-,32-31-,35-34-,38-37-,40-25-,42-41-. The third kappa shape index (κ3) is 56.5. The van der Waals surface area contributed by atoms with E-state index >= 15 is 0 Å². The molecular formula is C66H106O6. The molecule has 1 atom stereocenters. The summed E-state index contributed by atoms with van der Waals surface area (Å²) in [6, 6.07) is 0. The fourth-order valence-electron chi connectivity index (χ4n) is 7.59. The van der Waals surface area contributed by atoms with Gasteiger partial charge in [0.15, 0.2) is 6.10 Å². The van der Waals surface area contributed by atoms with Gasteiger partial charge in [-0.25, -0.2) is 0 Å². The van der Waals surface area contributed by atoms with Crippen LogP contribution in [0.3, 0.4) is 0 Å². The summed E-state index contributed by atoms with van der Waals surface area (Å²) in [6.45, 7) is 6.35. The highest BCUT2D eigenvalue weighted by molar-refractivity contribution is 5.71. The molecule has 0 aromatic carbocycles. The van der Waals surface area contributed by atoms with Crippen LogP contribution in [0, 0.1) is 0 Å². The Morgan fingerprint density at radius 1 is 0.292 bits per heavy atom. The van der Waals surface area contributed by atoms with Crippen molar-refractivity contribution < 1.29 is 28.6 Å². The van der Waals surface area contributed by atoms with Gasteiger partial charge in [-0.3, -0.25) is 14.4 Å². The number of hydrogen-bond donors (Lipinski definition) is 0. The van der Waals surface area contributed by atoms with E-state index in [9.17, 15) is 14.4 Å². The highest BCUT2D eigenvalue weighted by Gasteiger charge is 2.19. The van der Waals surface area contributed by atoms with E-state index in [1.165, 1.54) is 44.9 Å². The van der Waals surface area contributed by atoms with E-state index < -0.39 is 6.10 Å². The number of carbonyl (C=O) groups is 3. The molecule has 6 nitrogen and oxygen atoms in total. The van der Waals surface area contributed by atoms with Gasteiger partial charge in [-0.2, -0.15) is 0 Å². The van der Waals surface area contributed by atoms with E-state index in [0.29, 0.717) is 19.3 Å². The Kier molecular flexibility index (Phi) is 55.5. The summed E-state index contributed by atoms with van der Waals surface area (Å²) >= 11 is 0. The van der Waals surface area contributed by atoms with Crippen LogP contribution in [-0.2, 0) is 28.6 Å². The van der Waals surface area contributed by atoms with E-state index in [1.807, 2.05) is 0 Å². The summed E-state index contributed by atoms with van der Waals surface area (Å²) in [5, 5.41) is 0. The van der Waals surface area contributed by atoms with E-state index in [-0.39, 0.29) is 31.1 Å². The third-order valence-electron chi connectivity index (χ3n) is 11.9. The van der Waals surface area contributed by atoms with Gasteiger partial charge in [-0.15, -0.1) is 0 Å². The third-order valence-corrected chi connectivity index (χ3v) is 11.9. The first-order valence-electron chi connectivity index (χ1n) is 29.2. The minimum Gasteiger partial charge on any atom is -0.462 e. The van der Waals surface area contributed by atoms with E-state index in [2.05, 4.69) is 154 Å². The van der Waals surface area contributed by atoms with E-state index in [4.69, 9.17) is 14.2 Å². The fourth-order valence-corrected chi connectivity index (χ4v) is 7.59. The van der Waals surface area contributed by atoms with Gasteiger partial charge < -0.3 is 14.2 Å². The summed E-state index contributed by atoms with van der Waals surface area (Å²) in [5.74, 6) is -0.945. The van der Waals surface area contributed by atoms with Crippen LogP contribution < -0.4 is 0 Å². The van der Waals surface area contributed by atoms with E-state index in [0.717, 1.165) is 161 Å². The normalized spacial score (nSPS) is 13.1. The minimum atomic E-state index is -0.800. The lowest BCUT2D eigenvalue weighted by molar-refractivity contribution is -0.167. The lowest BCUT2D eigenvalue weighted by Gasteiger charge is -2.18. The zero-order valence-electron chi connectivity index (χ0n) is 46.4. The highest BCUT2D eigenvalue weighted by Crippen LogP contribution is 2.14. The number of unbranched alkanes of at least 4 members (excludes halogenated alkanes) is 18. The minimum absolute atomic E-state index is 0.0956. The summed E-state index contributed by atoms with van der Waals surface area (Å²) < 4.78 is 16.8. The first kappa shape index (κ1) is 67.5. The Labute approximate surface area is 443 Å². The summed E-state index contributed by atoms with van der Waals surface area (Å²) in [4.78, 5) is 38.1. The van der Waals surface area contributed by atoms with Crippen LogP contribution in [0.25, 0.3) is 0 Å². The smallest absolute Gasteiger partial charge is 0.306 e. The van der Waals surface area contributed by atoms with Crippen LogP contribution in [0.5, 0.6) is 0 Å². The Hall–Kier alpha value is -4.45. The molecule has 0 radical (unpaired) electrons. The van der Waals surface area contributed by atoms with Gasteiger partial charge in [0.2, 0.25) is 0 Å². The molecule has 0 spiro atoms. The summed E-state index contributed by atoms with van der Waals surface area (Å²) in [7, 11) is 0. The topological polar surface area (TPSA) is 78.9 Å². The molecule has 0 saturated heterocycles. The average molecular weight is 996 g/mol. The maximum atomic E-state index is 12.8.